The molecule has 5 nitrogen and oxygen atoms in total. The molecule has 96 valence electrons. The summed E-state index contributed by atoms with van der Waals surface area (Å²) in [7, 11) is 0. The van der Waals surface area contributed by atoms with Crippen LogP contribution < -0.4 is 5.73 Å². The molecule has 0 aliphatic carbocycles. The number of rotatable bonds is 2. The molecule has 0 aliphatic rings. The number of aromatic nitrogens is 3. The van der Waals surface area contributed by atoms with Crippen molar-refractivity contribution < 1.29 is 8.91 Å². The van der Waals surface area contributed by atoms with Gasteiger partial charge in [0.2, 0.25) is 0 Å². The Kier molecular flexibility index (Phi) is 2.72. The Morgan fingerprint density at radius 3 is 2.84 bits per heavy atom. The second kappa shape index (κ2) is 4.40. The van der Waals surface area contributed by atoms with Crippen molar-refractivity contribution in [2.45, 2.75) is 0 Å². The number of H-pyrrole nitrogens is 1. The highest BCUT2D eigenvalue weighted by atomic mass is 35.5. The summed E-state index contributed by atoms with van der Waals surface area (Å²) in [6.07, 6.45) is 3.12. The number of nitrogens with two attached hydrogens (primary N) is 1. The Bertz CT molecular complexity index is 703. The molecule has 0 atom stereocenters. The van der Waals surface area contributed by atoms with Crippen molar-refractivity contribution in [3.63, 3.8) is 0 Å². The highest BCUT2D eigenvalue weighted by Gasteiger charge is 2.23. The zero-order chi connectivity index (χ0) is 13.4. The van der Waals surface area contributed by atoms with E-state index in [9.17, 15) is 4.39 Å². The van der Waals surface area contributed by atoms with Gasteiger partial charge >= 0.3 is 0 Å². The van der Waals surface area contributed by atoms with Crippen LogP contribution in [-0.2, 0) is 0 Å². The van der Waals surface area contributed by atoms with Gasteiger partial charge in [0.05, 0.1) is 22.3 Å². The van der Waals surface area contributed by atoms with E-state index < -0.39 is 5.82 Å². The van der Waals surface area contributed by atoms with Crippen molar-refractivity contribution in [2.75, 3.05) is 5.73 Å². The monoisotopic (exact) mass is 278 g/mol. The average molecular weight is 279 g/mol. The Balaban J connectivity index is 2.29. The molecule has 0 spiro atoms. The molecule has 2 aromatic heterocycles. The van der Waals surface area contributed by atoms with Gasteiger partial charge < -0.3 is 10.3 Å². The Morgan fingerprint density at radius 2 is 2.16 bits per heavy atom. The normalized spacial score (nSPS) is 10.8. The van der Waals surface area contributed by atoms with Gasteiger partial charge in [0, 0.05) is 11.8 Å². The molecular formula is C12H8ClFN4O. The molecule has 0 saturated carbocycles. The third-order valence-corrected chi connectivity index (χ3v) is 3.01. The lowest BCUT2D eigenvalue weighted by Crippen LogP contribution is -1.92. The molecule has 2 heterocycles. The first-order chi connectivity index (χ1) is 9.18. The number of benzene rings is 1. The van der Waals surface area contributed by atoms with Gasteiger partial charge in [-0.2, -0.15) is 5.10 Å². The van der Waals surface area contributed by atoms with Gasteiger partial charge in [-0.15, -0.1) is 0 Å². The summed E-state index contributed by atoms with van der Waals surface area (Å²) in [5, 5.41) is 10.3. The maximum atomic E-state index is 14.0. The average Bonchev–Trinajstić information content (AvgIpc) is 2.99. The summed E-state index contributed by atoms with van der Waals surface area (Å²) >= 11 is 6.04. The molecule has 19 heavy (non-hydrogen) atoms. The first kappa shape index (κ1) is 11.7. The maximum Gasteiger partial charge on any atom is 0.180 e. The van der Waals surface area contributed by atoms with Crippen molar-refractivity contribution in [3.05, 3.63) is 41.4 Å². The largest absolute Gasteiger partial charge is 0.380 e. The lowest BCUT2D eigenvalue weighted by Gasteiger charge is -2.05. The summed E-state index contributed by atoms with van der Waals surface area (Å²) < 4.78 is 19.1. The molecule has 0 bridgehead atoms. The topological polar surface area (TPSA) is 80.7 Å². The maximum absolute atomic E-state index is 14.0. The number of hydrogen-bond donors (Lipinski definition) is 2. The van der Waals surface area contributed by atoms with Crippen molar-refractivity contribution in [1.82, 2.24) is 15.4 Å². The van der Waals surface area contributed by atoms with Crippen LogP contribution in [0.2, 0.25) is 5.02 Å². The lowest BCUT2D eigenvalue weighted by atomic mass is 10.0. The Hall–Kier alpha value is -2.34. The van der Waals surface area contributed by atoms with E-state index in [1.54, 1.807) is 12.3 Å². The van der Waals surface area contributed by atoms with E-state index in [1.807, 2.05) is 0 Å². The molecular weight excluding hydrogens is 271 g/mol. The van der Waals surface area contributed by atoms with Crippen molar-refractivity contribution in [3.8, 4) is 22.5 Å². The first-order valence-corrected chi connectivity index (χ1v) is 5.75. The molecule has 3 N–H and O–H groups in total. The van der Waals surface area contributed by atoms with Gasteiger partial charge in [-0.05, 0) is 12.1 Å². The van der Waals surface area contributed by atoms with Crippen LogP contribution in [0.25, 0.3) is 22.5 Å². The quantitative estimate of drug-likeness (QED) is 0.755. The van der Waals surface area contributed by atoms with Crippen LogP contribution in [-0.4, -0.2) is 15.4 Å². The number of nitrogens with zero attached hydrogens (tertiary/aromatic N) is 2. The SMILES string of the molecule is Nc1noc(-c2cn[nH]c2)c1-c1c(F)cccc1Cl. The number of hydrogen-bond acceptors (Lipinski definition) is 4. The fourth-order valence-electron chi connectivity index (χ4n) is 1.85. The molecule has 3 aromatic rings. The summed E-state index contributed by atoms with van der Waals surface area (Å²) in [6, 6.07) is 4.39. The smallest absolute Gasteiger partial charge is 0.180 e. The van der Waals surface area contributed by atoms with Gasteiger partial charge in [-0.25, -0.2) is 4.39 Å². The zero-order valence-electron chi connectivity index (χ0n) is 9.52. The second-order valence-electron chi connectivity index (χ2n) is 3.86. The summed E-state index contributed by atoms with van der Waals surface area (Å²) in [6.45, 7) is 0. The molecule has 1 aromatic carbocycles. The molecule has 0 saturated heterocycles. The Morgan fingerprint density at radius 1 is 1.32 bits per heavy atom. The van der Waals surface area contributed by atoms with Crippen molar-refractivity contribution >= 4 is 17.4 Å². The third-order valence-electron chi connectivity index (χ3n) is 2.69. The second-order valence-corrected chi connectivity index (χ2v) is 4.26. The van der Waals surface area contributed by atoms with Crippen LogP contribution in [0.3, 0.4) is 0 Å². The number of halogens is 2. The standard InChI is InChI=1S/C12H8ClFN4O/c13-7-2-1-3-8(14)9(7)10-11(19-18-12(10)15)6-4-16-17-5-6/h1-5H,(H2,15,18)(H,16,17). The van der Waals surface area contributed by atoms with Crippen molar-refractivity contribution in [2.24, 2.45) is 0 Å². The van der Waals surface area contributed by atoms with E-state index in [0.717, 1.165) is 0 Å². The number of aromatic amines is 1. The molecule has 0 radical (unpaired) electrons. The lowest BCUT2D eigenvalue weighted by molar-refractivity contribution is 0.436. The predicted octanol–water partition coefficient (Wildman–Crippen LogP) is 3.11. The molecule has 7 heteroatoms. The van der Waals surface area contributed by atoms with Crippen LogP contribution in [0.1, 0.15) is 0 Å². The van der Waals surface area contributed by atoms with E-state index in [-0.39, 0.29) is 16.4 Å². The van der Waals surface area contributed by atoms with Gasteiger partial charge in [0.1, 0.15) is 5.82 Å². The van der Waals surface area contributed by atoms with E-state index in [2.05, 4.69) is 15.4 Å². The summed E-state index contributed by atoms with van der Waals surface area (Å²) in [4.78, 5) is 0. The van der Waals surface area contributed by atoms with E-state index in [0.29, 0.717) is 16.9 Å². The summed E-state index contributed by atoms with van der Waals surface area (Å²) in [5.74, 6) is -0.103. The minimum Gasteiger partial charge on any atom is -0.380 e. The van der Waals surface area contributed by atoms with Gasteiger partial charge in [-0.3, -0.25) is 5.10 Å². The van der Waals surface area contributed by atoms with Crippen LogP contribution >= 0.6 is 11.6 Å². The van der Waals surface area contributed by atoms with Crippen LogP contribution in [0.5, 0.6) is 0 Å². The number of nitrogens with one attached hydrogen (secondary N) is 1. The highest BCUT2D eigenvalue weighted by Crippen LogP contribution is 2.40. The zero-order valence-corrected chi connectivity index (χ0v) is 10.3. The van der Waals surface area contributed by atoms with Gasteiger partial charge in [0.25, 0.3) is 0 Å². The van der Waals surface area contributed by atoms with Crippen molar-refractivity contribution in [1.29, 1.82) is 0 Å². The first-order valence-electron chi connectivity index (χ1n) is 5.37. The number of anilines is 1. The van der Waals surface area contributed by atoms with E-state index in [4.69, 9.17) is 21.9 Å². The fraction of sp³-hybridized carbons (Fsp3) is 0. The molecule has 3 rings (SSSR count). The minimum absolute atomic E-state index is 0.0724. The molecule has 0 aliphatic heterocycles. The third kappa shape index (κ3) is 1.86. The summed E-state index contributed by atoms with van der Waals surface area (Å²) in [5.41, 5.74) is 6.86. The van der Waals surface area contributed by atoms with Gasteiger partial charge in [-0.1, -0.05) is 22.8 Å². The van der Waals surface area contributed by atoms with E-state index in [1.165, 1.54) is 18.3 Å². The molecule has 0 fully saturated rings. The Labute approximate surface area is 112 Å². The fourth-order valence-corrected chi connectivity index (χ4v) is 2.11. The van der Waals surface area contributed by atoms with Crippen LogP contribution in [0.15, 0.2) is 35.1 Å². The predicted molar refractivity (Wildman–Crippen MR) is 68.9 cm³/mol. The molecule has 0 unspecified atom stereocenters. The highest BCUT2D eigenvalue weighted by molar-refractivity contribution is 6.33. The minimum atomic E-state index is -0.493. The van der Waals surface area contributed by atoms with Gasteiger partial charge in [0.15, 0.2) is 11.6 Å². The van der Waals surface area contributed by atoms with E-state index >= 15 is 0 Å². The van der Waals surface area contributed by atoms with Crippen LogP contribution in [0.4, 0.5) is 10.2 Å². The number of nitrogen functional groups attached to an aromatic ring is 1. The molecule has 0 amide bonds. The van der Waals surface area contributed by atoms with Crippen LogP contribution in [0, 0.1) is 5.82 Å².